The van der Waals surface area contributed by atoms with Gasteiger partial charge in [0.1, 0.15) is 5.58 Å². The maximum absolute atomic E-state index is 6.17. The molecule has 0 radical (unpaired) electrons. The molecule has 1 aromatic heterocycles. The van der Waals surface area contributed by atoms with Gasteiger partial charge in [0.2, 0.25) is 0 Å². The topological polar surface area (TPSA) is 42.4 Å². The quantitative estimate of drug-likeness (QED) is 0.797. The van der Waals surface area contributed by atoms with Crippen molar-refractivity contribution in [2.45, 2.75) is 25.4 Å². The number of rotatable bonds is 1. The lowest BCUT2D eigenvalue weighted by atomic mass is 10.1. The van der Waals surface area contributed by atoms with Gasteiger partial charge in [-0.05, 0) is 37.5 Å². The van der Waals surface area contributed by atoms with E-state index in [9.17, 15) is 0 Å². The maximum Gasteiger partial charge on any atom is 0.135 e. The molecule has 1 aliphatic heterocycles. The monoisotopic (exact) mass is 216 g/mol. The molecule has 84 valence electrons. The fourth-order valence-corrected chi connectivity index (χ4v) is 2.48. The number of nitrogens with zero attached hydrogens (tertiary/aromatic N) is 1. The van der Waals surface area contributed by atoms with Crippen LogP contribution in [-0.4, -0.2) is 12.7 Å². The summed E-state index contributed by atoms with van der Waals surface area (Å²) >= 11 is 0. The average Bonchev–Trinajstić information content (AvgIpc) is 2.77. The van der Waals surface area contributed by atoms with Crippen molar-refractivity contribution in [3.63, 3.8) is 0 Å². The fraction of sp³-hybridized carbons (Fsp3) is 0.385. The van der Waals surface area contributed by atoms with Gasteiger partial charge in [-0.1, -0.05) is 6.07 Å². The Morgan fingerprint density at radius 1 is 1.25 bits per heavy atom. The Morgan fingerprint density at radius 3 is 3.06 bits per heavy atom. The van der Waals surface area contributed by atoms with Crippen LogP contribution >= 0.6 is 0 Å². The second-order valence-electron chi connectivity index (χ2n) is 4.37. The molecule has 0 amide bonds. The molecule has 0 spiro atoms. The minimum atomic E-state index is 0.147. The third kappa shape index (κ3) is 1.48. The molecule has 0 bridgehead atoms. The van der Waals surface area contributed by atoms with Crippen molar-refractivity contribution < 1.29 is 4.42 Å². The molecule has 2 N–H and O–H groups in total. The predicted molar refractivity (Wildman–Crippen MR) is 65.4 cm³/mol. The SMILES string of the molecule is NC1CCCCN1c1cccc2occc12. The summed E-state index contributed by atoms with van der Waals surface area (Å²) < 4.78 is 5.42. The molecular formula is C13H16N2O. The summed E-state index contributed by atoms with van der Waals surface area (Å²) in [7, 11) is 0. The van der Waals surface area contributed by atoms with Crippen molar-refractivity contribution in [2.24, 2.45) is 5.73 Å². The Kier molecular flexibility index (Phi) is 2.33. The molecule has 1 unspecified atom stereocenters. The van der Waals surface area contributed by atoms with E-state index in [1.165, 1.54) is 23.9 Å². The van der Waals surface area contributed by atoms with E-state index in [-0.39, 0.29) is 6.17 Å². The third-order valence-electron chi connectivity index (χ3n) is 3.33. The van der Waals surface area contributed by atoms with Crippen LogP contribution < -0.4 is 10.6 Å². The van der Waals surface area contributed by atoms with Crippen LogP contribution in [0.15, 0.2) is 34.9 Å². The van der Waals surface area contributed by atoms with Crippen LogP contribution in [0, 0.1) is 0 Å². The number of benzene rings is 1. The Balaban J connectivity index is 2.07. The highest BCUT2D eigenvalue weighted by Gasteiger charge is 2.20. The molecule has 1 atom stereocenters. The van der Waals surface area contributed by atoms with Crippen LogP contribution in [0.2, 0.25) is 0 Å². The molecular weight excluding hydrogens is 200 g/mol. The zero-order chi connectivity index (χ0) is 11.0. The van der Waals surface area contributed by atoms with Crippen molar-refractivity contribution in [1.82, 2.24) is 0 Å². The molecule has 16 heavy (non-hydrogen) atoms. The first-order valence-corrected chi connectivity index (χ1v) is 5.85. The molecule has 1 aromatic carbocycles. The summed E-state index contributed by atoms with van der Waals surface area (Å²) in [4.78, 5) is 2.29. The standard InChI is InChI=1S/C13H16N2O/c14-13-6-1-2-8-15(13)11-4-3-5-12-10(11)7-9-16-12/h3-5,7,9,13H,1-2,6,8,14H2. The van der Waals surface area contributed by atoms with Gasteiger partial charge in [0.15, 0.2) is 0 Å². The van der Waals surface area contributed by atoms with Crippen LogP contribution in [0.1, 0.15) is 19.3 Å². The zero-order valence-corrected chi connectivity index (χ0v) is 9.23. The second-order valence-corrected chi connectivity index (χ2v) is 4.37. The van der Waals surface area contributed by atoms with Gasteiger partial charge in [-0.3, -0.25) is 0 Å². The van der Waals surface area contributed by atoms with Gasteiger partial charge in [-0.25, -0.2) is 0 Å². The summed E-state index contributed by atoms with van der Waals surface area (Å²) in [6, 6.07) is 8.17. The van der Waals surface area contributed by atoms with Gasteiger partial charge in [-0.15, -0.1) is 0 Å². The van der Waals surface area contributed by atoms with Crippen molar-refractivity contribution >= 4 is 16.7 Å². The Hall–Kier alpha value is -1.48. The molecule has 1 fully saturated rings. The molecule has 3 nitrogen and oxygen atoms in total. The fourth-order valence-electron chi connectivity index (χ4n) is 2.48. The number of anilines is 1. The molecule has 1 saturated heterocycles. The van der Waals surface area contributed by atoms with Crippen LogP contribution in [0.3, 0.4) is 0 Å². The molecule has 3 heteroatoms. The highest BCUT2D eigenvalue weighted by molar-refractivity contribution is 5.91. The van der Waals surface area contributed by atoms with Gasteiger partial charge in [0, 0.05) is 17.6 Å². The molecule has 0 saturated carbocycles. The third-order valence-corrected chi connectivity index (χ3v) is 3.33. The Labute approximate surface area is 94.8 Å². The lowest BCUT2D eigenvalue weighted by Gasteiger charge is -2.35. The zero-order valence-electron chi connectivity index (χ0n) is 9.23. The largest absolute Gasteiger partial charge is 0.464 e. The summed E-state index contributed by atoms with van der Waals surface area (Å²) in [6.45, 7) is 1.05. The highest BCUT2D eigenvalue weighted by Crippen LogP contribution is 2.30. The summed E-state index contributed by atoms with van der Waals surface area (Å²) in [5.74, 6) is 0. The summed E-state index contributed by atoms with van der Waals surface area (Å²) in [5.41, 5.74) is 8.31. The Bertz CT molecular complexity index is 491. The van der Waals surface area contributed by atoms with Crippen LogP contribution in [-0.2, 0) is 0 Å². The smallest absolute Gasteiger partial charge is 0.135 e. The van der Waals surface area contributed by atoms with E-state index in [0.717, 1.165) is 18.5 Å². The Morgan fingerprint density at radius 2 is 2.19 bits per heavy atom. The van der Waals surface area contributed by atoms with Crippen LogP contribution in [0.5, 0.6) is 0 Å². The summed E-state index contributed by atoms with van der Waals surface area (Å²) in [5, 5.41) is 1.17. The molecule has 0 aliphatic carbocycles. The maximum atomic E-state index is 6.17. The van der Waals surface area contributed by atoms with Gasteiger partial charge in [-0.2, -0.15) is 0 Å². The van der Waals surface area contributed by atoms with Crippen molar-refractivity contribution in [3.8, 4) is 0 Å². The number of nitrogens with two attached hydrogens (primary N) is 1. The van der Waals surface area contributed by atoms with E-state index in [0.29, 0.717) is 0 Å². The van der Waals surface area contributed by atoms with Crippen LogP contribution in [0.4, 0.5) is 5.69 Å². The highest BCUT2D eigenvalue weighted by atomic mass is 16.3. The van der Waals surface area contributed by atoms with E-state index >= 15 is 0 Å². The van der Waals surface area contributed by atoms with Crippen molar-refractivity contribution in [2.75, 3.05) is 11.4 Å². The normalized spacial score (nSPS) is 21.6. The van der Waals surface area contributed by atoms with Gasteiger partial charge in [0.05, 0.1) is 12.4 Å². The van der Waals surface area contributed by atoms with E-state index in [2.05, 4.69) is 11.0 Å². The minimum Gasteiger partial charge on any atom is -0.464 e. The predicted octanol–water partition coefficient (Wildman–Crippen LogP) is 2.71. The first-order chi connectivity index (χ1) is 7.86. The number of piperidine rings is 1. The second kappa shape index (κ2) is 3.83. The molecule has 2 heterocycles. The van der Waals surface area contributed by atoms with Crippen molar-refractivity contribution in [1.29, 1.82) is 0 Å². The molecule has 1 aliphatic rings. The number of furan rings is 1. The van der Waals surface area contributed by atoms with E-state index < -0.39 is 0 Å². The van der Waals surface area contributed by atoms with Gasteiger partial charge >= 0.3 is 0 Å². The molecule has 3 rings (SSSR count). The van der Waals surface area contributed by atoms with Gasteiger partial charge in [0.25, 0.3) is 0 Å². The lowest BCUT2D eigenvalue weighted by molar-refractivity contribution is 0.471. The number of hydrogen-bond donors (Lipinski definition) is 1. The number of fused-ring (bicyclic) bond motifs is 1. The lowest BCUT2D eigenvalue weighted by Crippen LogP contribution is -2.45. The summed E-state index contributed by atoms with van der Waals surface area (Å²) in [6.07, 6.45) is 5.42. The first-order valence-electron chi connectivity index (χ1n) is 5.85. The van der Waals surface area contributed by atoms with E-state index in [1.54, 1.807) is 6.26 Å². The number of hydrogen-bond acceptors (Lipinski definition) is 3. The molecule has 2 aromatic rings. The van der Waals surface area contributed by atoms with Crippen molar-refractivity contribution in [3.05, 3.63) is 30.5 Å². The van der Waals surface area contributed by atoms with E-state index in [4.69, 9.17) is 10.2 Å². The van der Waals surface area contributed by atoms with Crippen LogP contribution in [0.25, 0.3) is 11.0 Å². The minimum absolute atomic E-state index is 0.147. The average molecular weight is 216 g/mol. The van der Waals surface area contributed by atoms with Gasteiger partial charge < -0.3 is 15.1 Å². The first kappa shape index (κ1) is 9.73. The van der Waals surface area contributed by atoms with E-state index in [1.807, 2.05) is 18.2 Å².